The summed E-state index contributed by atoms with van der Waals surface area (Å²) in [5, 5.41) is 11.0. The maximum atomic E-state index is 12.1. The summed E-state index contributed by atoms with van der Waals surface area (Å²) in [6, 6.07) is 5.06. The van der Waals surface area contributed by atoms with Crippen molar-refractivity contribution in [3.05, 3.63) is 51.4 Å². The van der Waals surface area contributed by atoms with Crippen LogP contribution in [0.5, 0.6) is 5.75 Å². The van der Waals surface area contributed by atoms with Crippen LogP contribution in [0.1, 0.15) is 51.3 Å². The van der Waals surface area contributed by atoms with Gasteiger partial charge in [0.05, 0.1) is 10.9 Å². The molecule has 5 heteroatoms. The summed E-state index contributed by atoms with van der Waals surface area (Å²) in [7, 11) is 0. The maximum absolute atomic E-state index is 12.1. The molecule has 0 saturated heterocycles. The van der Waals surface area contributed by atoms with Crippen LogP contribution in [0, 0.1) is 0 Å². The molecular formula is C19H22O5. The fourth-order valence-corrected chi connectivity index (χ4v) is 2.46. The summed E-state index contributed by atoms with van der Waals surface area (Å²) in [6.45, 7) is 7.27. The molecule has 0 amide bonds. The zero-order valence-corrected chi connectivity index (χ0v) is 14.4. The van der Waals surface area contributed by atoms with E-state index in [4.69, 9.17) is 9.15 Å². The van der Waals surface area contributed by atoms with Crippen molar-refractivity contribution in [1.29, 1.82) is 0 Å². The van der Waals surface area contributed by atoms with Crippen molar-refractivity contribution in [2.75, 3.05) is 0 Å². The predicted octanol–water partition coefficient (Wildman–Crippen LogP) is 4.02. The van der Waals surface area contributed by atoms with E-state index in [1.165, 1.54) is 0 Å². The van der Waals surface area contributed by atoms with Crippen LogP contribution in [0.4, 0.5) is 0 Å². The van der Waals surface area contributed by atoms with Gasteiger partial charge in [-0.1, -0.05) is 30.7 Å². The van der Waals surface area contributed by atoms with Crippen LogP contribution in [-0.4, -0.2) is 11.1 Å². The van der Waals surface area contributed by atoms with E-state index in [0.29, 0.717) is 10.9 Å². The number of fused-ring (bicyclic) bond motifs is 1. The van der Waals surface area contributed by atoms with Gasteiger partial charge < -0.3 is 14.3 Å². The molecular weight excluding hydrogens is 308 g/mol. The third kappa shape index (κ3) is 3.67. The third-order valence-electron chi connectivity index (χ3n) is 3.78. The molecule has 2 rings (SSSR count). The second-order valence-corrected chi connectivity index (χ2v) is 5.91. The molecule has 0 radical (unpaired) electrons. The Labute approximate surface area is 140 Å². The van der Waals surface area contributed by atoms with Crippen LogP contribution in [0.15, 0.2) is 39.1 Å². The largest absolute Gasteiger partial charge is 0.507 e. The van der Waals surface area contributed by atoms with Crippen molar-refractivity contribution in [1.82, 2.24) is 0 Å². The highest BCUT2D eigenvalue weighted by atomic mass is 16.5. The number of ether oxygens (including phenoxy) is 1. The van der Waals surface area contributed by atoms with E-state index in [9.17, 15) is 14.7 Å². The van der Waals surface area contributed by atoms with Crippen LogP contribution < -0.4 is 5.63 Å². The highest BCUT2D eigenvalue weighted by Gasteiger charge is 2.20. The Morgan fingerprint density at radius 3 is 2.71 bits per heavy atom. The first-order valence-corrected chi connectivity index (χ1v) is 7.95. The molecule has 0 aliphatic carbocycles. The van der Waals surface area contributed by atoms with Gasteiger partial charge in [0.1, 0.15) is 17.4 Å². The number of hydrogen-bond donors (Lipinski definition) is 1. The number of rotatable bonds is 5. The fraction of sp³-hybridized carbons (Fsp3) is 0.368. The lowest BCUT2D eigenvalue weighted by molar-refractivity contribution is -0.148. The Hall–Kier alpha value is -2.56. The van der Waals surface area contributed by atoms with Gasteiger partial charge >= 0.3 is 11.6 Å². The molecule has 5 nitrogen and oxygen atoms in total. The second-order valence-electron chi connectivity index (χ2n) is 5.91. The Kier molecular flexibility index (Phi) is 5.44. The summed E-state index contributed by atoms with van der Waals surface area (Å²) in [5.41, 5.74) is 1.55. The van der Waals surface area contributed by atoms with Gasteiger partial charge in [-0.15, -0.1) is 0 Å². The van der Waals surface area contributed by atoms with Crippen molar-refractivity contribution < 1.29 is 19.1 Å². The molecule has 0 spiro atoms. The Balaban J connectivity index is 2.61. The molecule has 1 aromatic carbocycles. The monoisotopic (exact) mass is 330 g/mol. The van der Waals surface area contributed by atoms with Gasteiger partial charge in [0.2, 0.25) is 0 Å². The minimum absolute atomic E-state index is 0.117. The lowest BCUT2D eigenvalue weighted by atomic mass is 10.0. The van der Waals surface area contributed by atoms with Crippen LogP contribution in [0.3, 0.4) is 0 Å². The van der Waals surface area contributed by atoms with Crippen molar-refractivity contribution in [3.63, 3.8) is 0 Å². The molecule has 0 saturated carbocycles. The number of aromatic hydroxyl groups is 1. The average molecular weight is 330 g/mol. The van der Waals surface area contributed by atoms with E-state index in [1.807, 2.05) is 19.9 Å². The molecule has 128 valence electrons. The molecule has 24 heavy (non-hydrogen) atoms. The molecule has 0 aliphatic heterocycles. The first-order chi connectivity index (χ1) is 11.3. The summed E-state index contributed by atoms with van der Waals surface area (Å²) in [5.74, 6) is -0.449. The SMILES string of the molecule is CCC(=O)OC(C)c1cccc2oc(=O)c(CC=C(C)C)c(O)c12. The molecule has 0 bridgehead atoms. The molecule has 1 heterocycles. The average Bonchev–Trinajstić information content (AvgIpc) is 2.53. The number of hydrogen-bond acceptors (Lipinski definition) is 5. The Morgan fingerprint density at radius 1 is 1.38 bits per heavy atom. The van der Waals surface area contributed by atoms with Crippen LogP contribution in [0.25, 0.3) is 11.0 Å². The normalized spacial score (nSPS) is 12.0. The minimum atomic E-state index is -0.562. The number of carbonyl (C=O) groups is 1. The van der Waals surface area contributed by atoms with Gasteiger partial charge in [-0.3, -0.25) is 4.79 Å². The highest BCUT2D eigenvalue weighted by molar-refractivity contribution is 5.88. The molecule has 2 aromatic rings. The molecule has 1 unspecified atom stereocenters. The van der Waals surface area contributed by atoms with Gasteiger partial charge in [-0.05, 0) is 26.8 Å². The number of benzene rings is 1. The maximum Gasteiger partial charge on any atom is 0.343 e. The predicted molar refractivity (Wildman–Crippen MR) is 92.1 cm³/mol. The summed E-state index contributed by atoms with van der Waals surface area (Å²) >= 11 is 0. The Bertz CT molecular complexity index is 841. The van der Waals surface area contributed by atoms with E-state index < -0.39 is 11.7 Å². The topological polar surface area (TPSA) is 76.7 Å². The lowest BCUT2D eigenvalue weighted by Gasteiger charge is -2.16. The summed E-state index contributed by atoms with van der Waals surface area (Å²) < 4.78 is 10.7. The molecule has 1 aromatic heterocycles. The van der Waals surface area contributed by atoms with Gasteiger partial charge in [0.15, 0.2) is 0 Å². The van der Waals surface area contributed by atoms with E-state index in [0.717, 1.165) is 5.57 Å². The van der Waals surface area contributed by atoms with E-state index in [2.05, 4.69) is 0 Å². The smallest absolute Gasteiger partial charge is 0.343 e. The van der Waals surface area contributed by atoms with Crippen molar-refractivity contribution in [3.8, 4) is 5.75 Å². The molecule has 1 N–H and O–H groups in total. The highest BCUT2D eigenvalue weighted by Crippen LogP contribution is 2.34. The van der Waals surface area contributed by atoms with Gasteiger partial charge in [-0.2, -0.15) is 0 Å². The number of carbonyl (C=O) groups excluding carboxylic acids is 1. The zero-order chi connectivity index (χ0) is 17.9. The van der Waals surface area contributed by atoms with E-state index in [1.54, 1.807) is 32.0 Å². The van der Waals surface area contributed by atoms with Crippen LogP contribution >= 0.6 is 0 Å². The first-order valence-electron chi connectivity index (χ1n) is 7.95. The van der Waals surface area contributed by atoms with Crippen LogP contribution in [-0.2, 0) is 16.0 Å². The van der Waals surface area contributed by atoms with Crippen molar-refractivity contribution in [2.45, 2.75) is 46.6 Å². The summed E-state index contributed by atoms with van der Waals surface area (Å²) in [6.07, 6.45) is 1.84. The van der Waals surface area contributed by atoms with Gasteiger partial charge in [-0.25, -0.2) is 4.79 Å². The van der Waals surface area contributed by atoms with E-state index in [-0.39, 0.29) is 35.7 Å². The third-order valence-corrected chi connectivity index (χ3v) is 3.78. The van der Waals surface area contributed by atoms with Crippen molar-refractivity contribution in [2.24, 2.45) is 0 Å². The summed E-state index contributed by atoms with van der Waals surface area (Å²) in [4.78, 5) is 23.7. The standard InChI is InChI=1S/C19H22O5/c1-5-16(20)23-12(4)13-7-6-8-15-17(13)18(21)14(19(22)24-15)10-9-11(2)3/h6-9,12,21H,5,10H2,1-4H3. The molecule has 1 atom stereocenters. The number of allylic oxidation sites excluding steroid dienone is 2. The quantitative estimate of drug-likeness (QED) is 0.509. The first kappa shape index (κ1) is 17.8. The van der Waals surface area contributed by atoms with Crippen LogP contribution in [0.2, 0.25) is 0 Å². The minimum Gasteiger partial charge on any atom is -0.507 e. The zero-order valence-electron chi connectivity index (χ0n) is 14.4. The Morgan fingerprint density at radius 2 is 2.08 bits per heavy atom. The molecule has 0 fully saturated rings. The lowest BCUT2D eigenvalue weighted by Crippen LogP contribution is -2.11. The number of esters is 1. The molecule has 0 aliphatic rings. The van der Waals surface area contributed by atoms with Gasteiger partial charge in [0, 0.05) is 18.4 Å². The van der Waals surface area contributed by atoms with E-state index >= 15 is 0 Å². The fourth-order valence-electron chi connectivity index (χ4n) is 2.46. The van der Waals surface area contributed by atoms with Gasteiger partial charge in [0.25, 0.3) is 0 Å². The second kappa shape index (κ2) is 7.34. The van der Waals surface area contributed by atoms with Crippen molar-refractivity contribution >= 4 is 16.9 Å².